The van der Waals surface area contributed by atoms with Crippen LogP contribution in [0.1, 0.15) is 33.6 Å². The molecule has 0 aliphatic carbocycles. The number of benzene rings is 1. The maximum Gasteiger partial charge on any atom is 0.193 e. The average molecular weight is 474 g/mol. The van der Waals surface area contributed by atoms with Crippen LogP contribution in [0, 0.1) is 0 Å². The van der Waals surface area contributed by atoms with Crippen molar-refractivity contribution in [2.75, 3.05) is 39.8 Å². The molecule has 2 rings (SSSR count). The van der Waals surface area contributed by atoms with E-state index in [0.717, 1.165) is 57.3 Å². The molecule has 1 atom stereocenters. The van der Waals surface area contributed by atoms with Gasteiger partial charge in [0.05, 0.1) is 0 Å². The quantitative estimate of drug-likeness (QED) is 0.374. The van der Waals surface area contributed by atoms with Gasteiger partial charge in [0.15, 0.2) is 5.96 Å². The molecule has 1 aromatic rings. The number of aliphatic imine (C=N–C) groups is 1. The number of ether oxygens (including phenoxy) is 1. The van der Waals surface area contributed by atoms with Crippen molar-refractivity contribution in [1.29, 1.82) is 0 Å². The number of nitrogens with one attached hydrogen (secondary N) is 1. The minimum absolute atomic E-state index is 0. The molecule has 1 aliphatic heterocycles. The largest absolute Gasteiger partial charge is 0.490 e. The Morgan fingerprint density at radius 2 is 1.85 bits per heavy atom. The number of para-hydroxylation sites is 1. The molecule has 1 aromatic carbocycles. The number of guanidine groups is 1. The van der Waals surface area contributed by atoms with Crippen LogP contribution in [-0.4, -0.2) is 67.7 Å². The molecule has 0 saturated carbocycles. The molecule has 5 nitrogen and oxygen atoms in total. The minimum atomic E-state index is 0. The molecule has 26 heavy (non-hydrogen) atoms. The first-order valence-electron chi connectivity index (χ1n) is 9.59. The van der Waals surface area contributed by atoms with E-state index in [1.165, 1.54) is 0 Å². The maximum absolute atomic E-state index is 6.08. The number of hydrogen-bond donors (Lipinski definition) is 1. The van der Waals surface area contributed by atoms with Gasteiger partial charge in [-0.25, -0.2) is 0 Å². The fourth-order valence-corrected chi connectivity index (χ4v) is 3.42. The summed E-state index contributed by atoms with van der Waals surface area (Å²) in [6.07, 6.45) is 2.36. The summed E-state index contributed by atoms with van der Waals surface area (Å²) < 4.78 is 6.08. The van der Waals surface area contributed by atoms with Crippen LogP contribution in [0.15, 0.2) is 35.3 Å². The summed E-state index contributed by atoms with van der Waals surface area (Å²) in [5.41, 5.74) is 0. The van der Waals surface area contributed by atoms with E-state index < -0.39 is 0 Å². The van der Waals surface area contributed by atoms with Gasteiger partial charge in [0.2, 0.25) is 0 Å². The van der Waals surface area contributed by atoms with Crippen LogP contribution in [0.3, 0.4) is 0 Å². The predicted molar refractivity (Wildman–Crippen MR) is 121 cm³/mol. The van der Waals surface area contributed by atoms with Crippen molar-refractivity contribution >= 4 is 29.9 Å². The predicted octanol–water partition coefficient (Wildman–Crippen LogP) is 3.45. The molecule has 0 aromatic heterocycles. The zero-order valence-electron chi connectivity index (χ0n) is 16.6. The minimum Gasteiger partial charge on any atom is -0.490 e. The summed E-state index contributed by atoms with van der Waals surface area (Å²) in [5.74, 6) is 1.98. The number of nitrogens with zero attached hydrogens (tertiary/aromatic N) is 3. The number of rotatable bonds is 7. The van der Waals surface area contributed by atoms with Crippen LogP contribution in [0.2, 0.25) is 0 Å². The maximum atomic E-state index is 6.08. The lowest BCUT2D eigenvalue weighted by atomic mass is 10.1. The van der Waals surface area contributed by atoms with Crippen molar-refractivity contribution in [3.8, 4) is 5.75 Å². The van der Waals surface area contributed by atoms with E-state index in [1.54, 1.807) is 0 Å². The van der Waals surface area contributed by atoms with Gasteiger partial charge in [0.25, 0.3) is 0 Å². The molecular formula is C20H35IN4O. The molecule has 0 bridgehead atoms. The lowest BCUT2D eigenvalue weighted by Gasteiger charge is -2.35. The Morgan fingerprint density at radius 3 is 2.38 bits per heavy atom. The Bertz CT molecular complexity index is 514. The molecule has 0 spiro atoms. The first-order chi connectivity index (χ1) is 12.2. The van der Waals surface area contributed by atoms with Crippen LogP contribution in [-0.2, 0) is 0 Å². The third kappa shape index (κ3) is 6.95. The fourth-order valence-electron chi connectivity index (χ4n) is 3.42. The first-order valence-corrected chi connectivity index (χ1v) is 9.59. The monoisotopic (exact) mass is 474 g/mol. The Hall–Kier alpha value is -1.02. The standard InChI is InChI=1S/C20H34N4O.HI/c1-5-23(6-2)17(3)16-22-20(21-4)24-14-12-19(13-15-24)25-18-10-8-7-9-11-18;/h7-11,17,19H,5-6,12-16H2,1-4H3,(H,21,22);1H. The smallest absolute Gasteiger partial charge is 0.193 e. The van der Waals surface area contributed by atoms with E-state index in [4.69, 9.17) is 4.74 Å². The Morgan fingerprint density at radius 1 is 1.23 bits per heavy atom. The fraction of sp³-hybridized carbons (Fsp3) is 0.650. The lowest BCUT2D eigenvalue weighted by molar-refractivity contribution is 0.129. The second kappa shape index (κ2) is 12.4. The van der Waals surface area contributed by atoms with Crippen LogP contribution >= 0.6 is 24.0 Å². The van der Waals surface area contributed by atoms with E-state index in [1.807, 2.05) is 37.4 Å². The molecule has 1 heterocycles. The molecule has 1 N–H and O–H groups in total. The van der Waals surface area contributed by atoms with Crippen LogP contribution in [0.5, 0.6) is 5.75 Å². The van der Waals surface area contributed by atoms with Crippen molar-refractivity contribution in [3.05, 3.63) is 30.3 Å². The van der Waals surface area contributed by atoms with Gasteiger partial charge in [-0.2, -0.15) is 0 Å². The van der Waals surface area contributed by atoms with Gasteiger partial charge in [0.1, 0.15) is 11.9 Å². The van der Waals surface area contributed by atoms with Crippen LogP contribution in [0.4, 0.5) is 0 Å². The van der Waals surface area contributed by atoms with E-state index in [0.29, 0.717) is 12.1 Å². The van der Waals surface area contributed by atoms with E-state index in [-0.39, 0.29) is 24.0 Å². The second-order valence-electron chi connectivity index (χ2n) is 6.62. The summed E-state index contributed by atoms with van der Waals surface area (Å²) in [4.78, 5) is 9.28. The highest BCUT2D eigenvalue weighted by molar-refractivity contribution is 14.0. The SMILES string of the molecule is CCN(CC)C(C)CNC(=NC)N1CCC(Oc2ccccc2)CC1.I. The van der Waals surface area contributed by atoms with Gasteiger partial charge < -0.3 is 15.0 Å². The number of likely N-dealkylation sites (tertiary alicyclic amines) is 1. The van der Waals surface area contributed by atoms with Crippen molar-refractivity contribution in [1.82, 2.24) is 15.1 Å². The van der Waals surface area contributed by atoms with Crippen molar-refractivity contribution in [2.45, 2.75) is 45.8 Å². The highest BCUT2D eigenvalue weighted by atomic mass is 127. The molecule has 1 unspecified atom stereocenters. The van der Waals surface area contributed by atoms with Gasteiger partial charge in [-0.15, -0.1) is 24.0 Å². The zero-order valence-corrected chi connectivity index (χ0v) is 19.0. The highest BCUT2D eigenvalue weighted by Crippen LogP contribution is 2.18. The third-order valence-electron chi connectivity index (χ3n) is 4.99. The molecule has 6 heteroatoms. The molecule has 1 aliphatic rings. The zero-order chi connectivity index (χ0) is 18.1. The Kier molecular flexibility index (Phi) is 11.0. The van der Waals surface area contributed by atoms with Crippen molar-refractivity contribution in [2.24, 2.45) is 4.99 Å². The lowest BCUT2D eigenvalue weighted by Crippen LogP contribution is -2.50. The van der Waals surface area contributed by atoms with Gasteiger partial charge in [-0.3, -0.25) is 9.89 Å². The van der Waals surface area contributed by atoms with Crippen molar-refractivity contribution in [3.63, 3.8) is 0 Å². The Balaban J connectivity index is 0.00000338. The molecule has 0 amide bonds. The van der Waals surface area contributed by atoms with Gasteiger partial charge in [-0.05, 0) is 32.1 Å². The van der Waals surface area contributed by atoms with Crippen LogP contribution < -0.4 is 10.1 Å². The molecule has 0 radical (unpaired) electrons. The number of hydrogen-bond acceptors (Lipinski definition) is 3. The number of likely N-dealkylation sites (N-methyl/N-ethyl adjacent to an activating group) is 1. The normalized spacial score (nSPS) is 17.0. The highest BCUT2D eigenvalue weighted by Gasteiger charge is 2.23. The summed E-state index contributed by atoms with van der Waals surface area (Å²) >= 11 is 0. The van der Waals surface area contributed by atoms with E-state index in [9.17, 15) is 0 Å². The van der Waals surface area contributed by atoms with Crippen LogP contribution in [0.25, 0.3) is 0 Å². The van der Waals surface area contributed by atoms with E-state index >= 15 is 0 Å². The Labute approximate surface area is 176 Å². The van der Waals surface area contributed by atoms with Gasteiger partial charge in [0, 0.05) is 45.6 Å². The third-order valence-corrected chi connectivity index (χ3v) is 4.99. The van der Waals surface area contributed by atoms with E-state index in [2.05, 4.69) is 40.9 Å². The summed E-state index contributed by atoms with van der Waals surface area (Å²) in [7, 11) is 1.87. The second-order valence-corrected chi connectivity index (χ2v) is 6.62. The first kappa shape index (κ1) is 23.0. The van der Waals surface area contributed by atoms with Gasteiger partial charge >= 0.3 is 0 Å². The molecule has 1 fully saturated rings. The summed E-state index contributed by atoms with van der Waals surface area (Å²) in [6, 6.07) is 10.6. The molecular weight excluding hydrogens is 439 g/mol. The average Bonchev–Trinajstić information content (AvgIpc) is 2.65. The molecule has 148 valence electrons. The number of piperidine rings is 1. The summed E-state index contributed by atoms with van der Waals surface area (Å²) in [5, 5.41) is 3.55. The van der Waals surface area contributed by atoms with Gasteiger partial charge in [-0.1, -0.05) is 32.0 Å². The topological polar surface area (TPSA) is 40.1 Å². The molecule has 1 saturated heterocycles. The number of halogens is 1. The summed E-state index contributed by atoms with van der Waals surface area (Å²) in [6.45, 7) is 11.8. The van der Waals surface area contributed by atoms with Crippen molar-refractivity contribution < 1.29 is 4.74 Å².